The highest BCUT2D eigenvalue weighted by Gasteiger charge is 2.24. The summed E-state index contributed by atoms with van der Waals surface area (Å²) in [6, 6.07) is 3.59. The van der Waals surface area contributed by atoms with Crippen molar-refractivity contribution in [1.82, 2.24) is 9.55 Å². The second kappa shape index (κ2) is 7.35. The molecular formula is C18H24BrF2N3S. The number of hydrogen-bond donors (Lipinski definition) is 0. The van der Waals surface area contributed by atoms with Crippen LogP contribution >= 0.6 is 27.9 Å². The van der Waals surface area contributed by atoms with Crippen LogP contribution in [0.15, 0.2) is 27.3 Å². The predicted octanol–water partition coefficient (Wildman–Crippen LogP) is 6.35. The Balaban J connectivity index is 2.63. The predicted molar refractivity (Wildman–Crippen MR) is 107 cm³/mol. The standard InChI is InChI=1S/C18H24BrF2N3S/c1-17(2,3)10-24-9-12(11-7-8-13(19)22-16(11)24)14(15(20)21)23-25-18(4,5)6/h7-9,15H,10H2,1-6H3. The van der Waals surface area contributed by atoms with Crippen molar-refractivity contribution in [1.29, 1.82) is 0 Å². The van der Waals surface area contributed by atoms with Crippen LogP contribution < -0.4 is 0 Å². The lowest BCUT2D eigenvalue weighted by Crippen LogP contribution is -2.16. The maximum Gasteiger partial charge on any atom is 0.281 e. The van der Waals surface area contributed by atoms with E-state index in [0.29, 0.717) is 27.7 Å². The third kappa shape index (κ3) is 5.51. The van der Waals surface area contributed by atoms with Gasteiger partial charge in [-0.05, 0) is 66.2 Å². The largest absolute Gasteiger partial charge is 0.331 e. The summed E-state index contributed by atoms with van der Waals surface area (Å²) in [5.41, 5.74) is 0.941. The Morgan fingerprint density at radius 3 is 2.40 bits per heavy atom. The van der Waals surface area contributed by atoms with E-state index in [1.54, 1.807) is 12.3 Å². The summed E-state index contributed by atoms with van der Waals surface area (Å²) >= 11 is 4.54. The van der Waals surface area contributed by atoms with E-state index >= 15 is 0 Å². The van der Waals surface area contributed by atoms with Crippen molar-refractivity contribution in [2.45, 2.75) is 59.3 Å². The highest BCUT2D eigenvalue weighted by Crippen LogP contribution is 2.31. The number of fused-ring (bicyclic) bond motifs is 1. The first kappa shape index (κ1) is 20.4. The molecule has 0 radical (unpaired) electrons. The van der Waals surface area contributed by atoms with Gasteiger partial charge in [0.05, 0.1) is 0 Å². The van der Waals surface area contributed by atoms with E-state index in [1.807, 2.05) is 31.4 Å². The smallest absolute Gasteiger partial charge is 0.281 e. The minimum Gasteiger partial charge on any atom is -0.331 e. The highest BCUT2D eigenvalue weighted by atomic mass is 79.9. The first-order chi connectivity index (χ1) is 11.4. The summed E-state index contributed by atoms with van der Waals surface area (Å²) in [6.45, 7) is 12.8. The molecule has 0 saturated carbocycles. The molecule has 0 atom stereocenters. The molecule has 0 aromatic carbocycles. The molecule has 0 bridgehead atoms. The maximum atomic E-state index is 13.7. The van der Waals surface area contributed by atoms with Crippen LogP contribution in [0.25, 0.3) is 11.0 Å². The zero-order valence-corrected chi connectivity index (χ0v) is 17.8. The van der Waals surface area contributed by atoms with E-state index in [9.17, 15) is 8.78 Å². The van der Waals surface area contributed by atoms with Crippen molar-refractivity contribution < 1.29 is 8.78 Å². The Bertz CT molecular complexity index is 786. The molecule has 2 rings (SSSR count). The van der Waals surface area contributed by atoms with Crippen LogP contribution in [-0.4, -0.2) is 26.4 Å². The molecule has 3 nitrogen and oxygen atoms in total. The fourth-order valence-corrected chi connectivity index (χ4v) is 3.22. The zero-order chi connectivity index (χ0) is 19.0. The molecule has 0 fully saturated rings. The second-order valence-corrected chi connectivity index (χ2v) is 10.6. The van der Waals surface area contributed by atoms with E-state index in [1.165, 1.54) is 11.9 Å². The van der Waals surface area contributed by atoms with Gasteiger partial charge in [-0.25, -0.2) is 18.2 Å². The van der Waals surface area contributed by atoms with E-state index < -0.39 is 6.43 Å². The summed E-state index contributed by atoms with van der Waals surface area (Å²) in [5.74, 6) is 0. The van der Waals surface area contributed by atoms with Gasteiger partial charge in [0.1, 0.15) is 16.0 Å². The minimum atomic E-state index is -2.65. The van der Waals surface area contributed by atoms with Crippen molar-refractivity contribution >= 4 is 44.6 Å². The average Bonchev–Trinajstić information content (AvgIpc) is 2.73. The second-order valence-electron chi connectivity index (χ2n) is 8.22. The Kier molecular flexibility index (Phi) is 5.99. The normalized spacial score (nSPS) is 13.9. The topological polar surface area (TPSA) is 30.2 Å². The number of hydrogen-bond acceptors (Lipinski definition) is 3. The Morgan fingerprint density at radius 2 is 1.88 bits per heavy atom. The molecule has 0 aliphatic carbocycles. The van der Waals surface area contributed by atoms with E-state index in [2.05, 4.69) is 46.1 Å². The van der Waals surface area contributed by atoms with Crippen LogP contribution in [0.3, 0.4) is 0 Å². The molecule has 2 aromatic rings. The Labute approximate surface area is 160 Å². The monoisotopic (exact) mass is 431 g/mol. The number of rotatable bonds is 4. The van der Waals surface area contributed by atoms with Gasteiger partial charge in [0, 0.05) is 28.4 Å². The molecule has 0 saturated heterocycles. The first-order valence-electron chi connectivity index (χ1n) is 8.07. The van der Waals surface area contributed by atoms with Gasteiger partial charge in [0.25, 0.3) is 6.43 Å². The average molecular weight is 432 g/mol. The highest BCUT2D eigenvalue weighted by molar-refractivity contribution is 9.10. The lowest BCUT2D eigenvalue weighted by molar-refractivity contribution is 0.227. The Morgan fingerprint density at radius 1 is 1.24 bits per heavy atom. The third-order valence-corrected chi connectivity index (χ3v) is 4.51. The summed E-state index contributed by atoms with van der Waals surface area (Å²) in [4.78, 5) is 4.50. The van der Waals surface area contributed by atoms with Gasteiger partial charge in [-0.3, -0.25) is 0 Å². The van der Waals surface area contributed by atoms with Crippen LogP contribution in [0.5, 0.6) is 0 Å². The molecule has 7 heteroatoms. The third-order valence-electron chi connectivity index (χ3n) is 3.23. The Hall–Kier alpha value is -0.950. The summed E-state index contributed by atoms with van der Waals surface area (Å²) in [5, 5.41) is 0.695. The molecular weight excluding hydrogens is 408 g/mol. The number of alkyl halides is 2. The molecule has 0 unspecified atom stereocenters. The summed E-state index contributed by atoms with van der Waals surface area (Å²) in [7, 11) is 0. The van der Waals surface area contributed by atoms with Gasteiger partial charge >= 0.3 is 0 Å². The van der Waals surface area contributed by atoms with E-state index in [4.69, 9.17) is 0 Å². The minimum absolute atomic E-state index is 0.00445. The van der Waals surface area contributed by atoms with Gasteiger partial charge in [-0.1, -0.05) is 20.8 Å². The van der Waals surface area contributed by atoms with Gasteiger partial charge in [0.15, 0.2) is 0 Å². The van der Waals surface area contributed by atoms with Gasteiger partial charge in [-0.2, -0.15) is 0 Å². The van der Waals surface area contributed by atoms with Crippen molar-refractivity contribution in [2.24, 2.45) is 9.81 Å². The molecule has 25 heavy (non-hydrogen) atoms. The number of nitrogens with zero attached hydrogens (tertiary/aromatic N) is 3. The fourth-order valence-electron chi connectivity index (χ4n) is 2.37. The molecule has 0 amide bonds. The molecule has 0 aliphatic heterocycles. The molecule has 0 aliphatic rings. The van der Waals surface area contributed by atoms with Crippen LogP contribution in [0, 0.1) is 5.41 Å². The SMILES string of the molecule is CC(C)(C)Cn1cc(C(=NSC(C)(C)C)C(F)F)c2ccc(Br)nc21. The van der Waals surface area contributed by atoms with Crippen molar-refractivity contribution in [2.75, 3.05) is 0 Å². The lowest BCUT2D eigenvalue weighted by atomic mass is 9.97. The summed E-state index contributed by atoms with van der Waals surface area (Å²) < 4.78 is 34.0. The van der Waals surface area contributed by atoms with Gasteiger partial charge < -0.3 is 4.57 Å². The first-order valence-corrected chi connectivity index (χ1v) is 9.64. The van der Waals surface area contributed by atoms with Crippen molar-refractivity contribution in [3.05, 3.63) is 28.5 Å². The number of aromatic nitrogens is 2. The number of pyridine rings is 1. The van der Waals surface area contributed by atoms with E-state index in [0.717, 1.165) is 0 Å². The van der Waals surface area contributed by atoms with Crippen LogP contribution in [-0.2, 0) is 6.54 Å². The quantitative estimate of drug-likeness (QED) is 0.320. The van der Waals surface area contributed by atoms with Crippen LogP contribution in [0.4, 0.5) is 8.78 Å². The molecule has 138 valence electrons. The van der Waals surface area contributed by atoms with E-state index in [-0.39, 0.29) is 15.9 Å². The van der Waals surface area contributed by atoms with Gasteiger partial charge in [0.2, 0.25) is 0 Å². The lowest BCUT2D eigenvalue weighted by Gasteiger charge is -2.19. The van der Waals surface area contributed by atoms with Crippen molar-refractivity contribution in [3.8, 4) is 0 Å². The van der Waals surface area contributed by atoms with Gasteiger partial charge in [-0.15, -0.1) is 0 Å². The van der Waals surface area contributed by atoms with Crippen LogP contribution in [0.2, 0.25) is 0 Å². The molecule has 0 N–H and O–H groups in total. The fraction of sp³-hybridized carbons (Fsp3) is 0.556. The number of halogens is 3. The zero-order valence-electron chi connectivity index (χ0n) is 15.4. The molecule has 2 heterocycles. The van der Waals surface area contributed by atoms with Crippen LogP contribution in [0.1, 0.15) is 47.1 Å². The summed E-state index contributed by atoms with van der Waals surface area (Å²) in [6.07, 6.45) is -0.893. The van der Waals surface area contributed by atoms with Crippen molar-refractivity contribution in [3.63, 3.8) is 0 Å². The molecule has 0 spiro atoms. The molecule has 2 aromatic heterocycles. The maximum absolute atomic E-state index is 13.7.